The Kier molecular flexibility index (Phi) is 6.36. The van der Waals surface area contributed by atoms with E-state index in [0.717, 1.165) is 45.1 Å². The highest BCUT2D eigenvalue weighted by molar-refractivity contribution is 9.10. The van der Waals surface area contributed by atoms with E-state index in [-0.39, 0.29) is 6.42 Å². The van der Waals surface area contributed by atoms with Crippen molar-refractivity contribution in [2.24, 2.45) is 0 Å². The Morgan fingerprint density at radius 1 is 1.19 bits per heavy atom. The number of ether oxygens (including phenoxy) is 1. The number of carbonyl (C=O) groups is 1. The first-order valence-corrected chi connectivity index (χ1v) is 9.37. The van der Waals surface area contributed by atoms with Gasteiger partial charge in [0.2, 0.25) is 5.88 Å². The number of benzene rings is 1. The van der Waals surface area contributed by atoms with Gasteiger partial charge in [0.25, 0.3) is 0 Å². The molecule has 0 aliphatic carbocycles. The lowest BCUT2D eigenvalue weighted by molar-refractivity contribution is -0.107. The van der Waals surface area contributed by atoms with Gasteiger partial charge in [-0.3, -0.25) is 4.98 Å². The van der Waals surface area contributed by atoms with E-state index < -0.39 is 0 Å². The second-order valence-corrected chi connectivity index (χ2v) is 7.27. The molecule has 6 nitrogen and oxygen atoms in total. The maximum atomic E-state index is 11.1. The number of halogens is 1. The Morgan fingerprint density at radius 2 is 2.04 bits per heavy atom. The van der Waals surface area contributed by atoms with Gasteiger partial charge in [-0.1, -0.05) is 15.9 Å². The molecule has 0 saturated heterocycles. The number of hydrogen-bond donors (Lipinski definition) is 1. The zero-order chi connectivity index (χ0) is 19.2. The molecule has 2 heterocycles. The summed E-state index contributed by atoms with van der Waals surface area (Å²) >= 11 is 3.50. The fraction of sp³-hybridized carbons (Fsp3) is 0.250. The standard InChI is InChI=1S/C20H21BrN4O2/c1-25(2)8-10-27-19-6-4-16(13-23-19)24-20-14(7-9-26)12-22-18-5-3-15(21)11-17(18)20/h3-6,9,11-13H,7-8,10H2,1-2H3,(H,22,24). The number of nitrogens with one attached hydrogen (secondary N) is 1. The Balaban J connectivity index is 1.85. The number of fused-ring (bicyclic) bond motifs is 1. The number of rotatable bonds is 8. The second kappa shape index (κ2) is 8.92. The van der Waals surface area contributed by atoms with Crippen molar-refractivity contribution in [2.75, 3.05) is 32.6 Å². The molecule has 3 rings (SSSR count). The van der Waals surface area contributed by atoms with Crippen molar-refractivity contribution >= 4 is 44.5 Å². The summed E-state index contributed by atoms with van der Waals surface area (Å²) in [6.07, 6.45) is 4.63. The van der Waals surface area contributed by atoms with Crippen molar-refractivity contribution in [3.8, 4) is 5.88 Å². The van der Waals surface area contributed by atoms with Crippen molar-refractivity contribution in [3.63, 3.8) is 0 Å². The molecule has 0 spiro atoms. The Hall–Kier alpha value is -2.51. The highest BCUT2D eigenvalue weighted by Gasteiger charge is 2.10. The summed E-state index contributed by atoms with van der Waals surface area (Å²) in [5.74, 6) is 0.581. The van der Waals surface area contributed by atoms with Crippen LogP contribution in [-0.2, 0) is 11.2 Å². The summed E-state index contributed by atoms with van der Waals surface area (Å²) in [5, 5.41) is 4.32. The van der Waals surface area contributed by atoms with E-state index in [0.29, 0.717) is 12.5 Å². The van der Waals surface area contributed by atoms with E-state index in [4.69, 9.17) is 4.74 Å². The molecule has 0 fully saturated rings. The van der Waals surface area contributed by atoms with Gasteiger partial charge in [-0.15, -0.1) is 0 Å². The molecule has 1 aromatic carbocycles. The van der Waals surface area contributed by atoms with Crippen LogP contribution in [-0.4, -0.2) is 48.4 Å². The summed E-state index contributed by atoms with van der Waals surface area (Å²) < 4.78 is 6.58. The highest BCUT2D eigenvalue weighted by atomic mass is 79.9. The van der Waals surface area contributed by atoms with Gasteiger partial charge in [-0.2, -0.15) is 0 Å². The highest BCUT2D eigenvalue weighted by Crippen LogP contribution is 2.31. The molecule has 140 valence electrons. The molecule has 7 heteroatoms. The Labute approximate surface area is 166 Å². The summed E-state index contributed by atoms with van der Waals surface area (Å²) in [5.41, 5.74) is 3.36. The molecule has 0 saturated carbocycles. The first kappa shape index (κ1) is 19.3. The van der Waals surface area contributed by atoms with Crippen LogP contribution in [0.2, 0.25) is 0 Å². The molecule has 27 heavy (non-hydrogen) atoms. The molecule has 1 N–H and O–H groups in total. The quantitative estimate of drug-likeness (QED) is 0.550. The zero-order valence-corrected chi connectivity index (χ0v) is 16.9. The number of likely N-dealkylation sites (N-methyl/N-ethyl adjacent to an activating group) is 1. The van der Waals surface area contributed by atoms with Crippen molar-refractivity contribution in [3.05, 3.63) is 52.8 Å². The average Bonchev–Trinajstić information content (AvgIpc) is 2.65. The lowest BCUT2D eigenvalue weighted by Crippen LogP contribution is -2.19. The molecule has 0 bridgehead atoms. The first-order chi connectivity index (χ1) is 13.1. The number of anilines is 2. The van der Waals surface area contributed by atoms with E-state index in [1.807, 2.05) is 44.4 Å². The summed E-state index contributed by atoms with van der Waals surface area (Å²) in [4.78, 5) is 21.9. The molecule has 0 aliphatic heterocycles. The van der Waals surface area contributed by atoms with E-state index in [1.165, 1.54) is 0 Å². The largest absolute Gasteiger partial charge is 0.476 e. The van der Waals surface area contributed by atoms with Crippen LogP contribution < -0.4 is 10.1 Å². The monoisotopic (exact) mass is 428 g/mol. The molecule has 0 aliphatic rings. The van der Waals surface area contributed by atoms with Gasteiger partial charge in [-0.05, 0) is 38.4 Å². The van der Waals surface area contributed by atoms with E-state index >= 15 is 0 Å². The third kappa shape index (κ3) is 5.02. The molecule has 0 radical (unpaired) electrons. The maximum Gasteiger partial charge on any atom is 0.213 e. The summed E-state index contributed by atoms with van der Waals surface area (Å²) in [6, 6.07) is 9.61. The lowest BCUT2D eigenvalue weighted by Gasteiger charge is -2.14. The van der Waals surface area contributed by atoms with Gasteiger partial charge >= 0.3 is 0 Å². The SMILES string of the molecule is CN(C)CCOc1ccc(Nc2c(CC=O)cnc3ccc(Br)cc23)cn1. The number of nitrogens with zero attached hydrogens (tertiary/aromatic N) is 3. The van der Waals surface area contributed by atoms with Crippen LogP contribution in [0.5, 0.6) is 5.88 Å². The number of aldehydes is 1. The second-order valence-electron chi connectivity index (χ2n) is 6.35. The van der Waals surface area contributed by atoms with Gasteiger partial charge in [0.05, 0.1) is 23.1 Å². The predicted molar refractivity (Wildman–Crippen MR) is 111 cm³/mol. The average molecular weight is 429 g/mol. The normalized spacial score (nSPS) is 11.0. The molecule has 0 unspecified atom stereocenters. The fourth-order valence-corrected chi connectivity index (χ4v) is 2.98. The number of pyridine rings is 2. The van der Waals surface area contributed by atoms with Gasteiger partial charge in [0, 0.05) is 40.7 Å². The van der Waals surface area contributed by atoms with Gasteiger partial charge in [-0.25, -0.2) is 4.98 Å². The zero-order valence-electron chi connectivity index (χ0n) is 15.3. The minimum Gasteiger partial charge on any atom is -0.476 e. The molecule has 0 atom stereocenters. The van der Waals surface area contributed by atoms with Crippen LogP contribution in [0.3, 0.4) is 0 Å². The van der Waals surface area contributed by atoms with Crippen molar-refractivity contribution in [2.45, 2.75) is 6.42 Å². The maximum absolute atomic E-state index is 11.1. The molecule has 0 amide bonds. The van der Waals surface area contributed by atoms with Crippen LogP contribution in [0.1, 0.15) is 5.56 Å². The van der Waals surface area contributed by atoms with Gasteiger partial charge in [0.15, 0.2) is 0 Å². The van der Waals surface area contributed by atoms with Crippen LogP contribution in [0, 0.1) is 0 Å². The predicted octanol–water partition coefficient (Wildman–Crippen LogP) is 3.82. The van der Waals surface area contributed by atoms with Crippen molar-refractivity contribution in [1.29, 1.82) is 0 Å². The summed E-state index contributed by atoms with van der Waals surface area (Å²) in [6.45, 7) is 1.41. The van der Waals surface area contributed by atoms with Crippen LogP contribution >= 0.6 is 15.9 Å². The van der Waals surface area contributed by atoms with Crippen LogP contribution in [0.4, 0.5) is 11.4 Å². The fourth-order valence-electron chi connectivity index (χ4n) is 2.61. The van der Waals surface area contributed by atoms with Crippen molar-refractivity contribution in [1.82, 2.24) is 14.9 Å². The van der Waals surface area contributed by atoms with E-state index in [9.17, 15) is 4.79 Å². The van der Waals surface area contributed by atoms with Crippen molar-refractivity contribution < 1.29 is 9.53 Å². The number of carbonyl (C=O) groups excluding carboxylic acids is 1. The summed E-state index contributed by atoms with van der Waals surface area (Å²) in [7, 11) is 4.00. The molecule has 2 aromatic heterocycles. The van der Waals surface area contributed by atoms with Gasteiger partial charge < -0.3 is 19.7 Å². The minimum absolute atomic E-state index is 0.289. The first-order valence-electron chi connectivity index (χ1n) is 8.58. The third-order valence-electron chi connectivity index (χ3n) is 4.01. The van der Waals surface area contributed by atoms with Crippen LogP contribution in [0.15, 0.2) is 47.2 Å². The van der Waals surface area contributed by atoms with Gasteiger partial charge in [0.1, 0.15) is 12.9 Å². The van der Waals surface area contributed by atoms with E-state index in [2.05, 4.69) is 36.1 Å². The molecular weight excluding hydrogens is 408 g/mol. The smallest absolute Gasteiger partial charge is 0.213 e. The third-order valence-corrected chi connectivity index (χ3v) is 4.50. The minimum atomic E-state index is 0.289. The Bertz CT molecular complexity index is 929. The molecule has 3 aromatic rings. The number of aromatic nitrogens is 2. The molecular formula is C20H21BrN4O2. The topological polar surface area (TPSA) is 67.3 Å². The lowest BCUT2D eigenvalue weighted by atomic mass is 10.1. The van der Waals surface area contributed by atoms with E-state index in [1.54, 1.807) is 12.4 Å². The van der Waals surface area contributed by atoms with Crippen LogP contribution in [0.25, 0.3) is 10.9 Å². The number of hydrogen-bond acceptors (Lipinski definition) is 6. The Morgan fingerprint density at radius 3 is 2.74 bits per heavy atom.